The average Bonchev–Trinajstić information content (AvgIpc) is 3.13. The van der Waals surface area contributed by atoms with Crippen LogP contribution in [0.2, 0.25) is 0 Å². The molecule has 0 saturated carbocycles. The van der Waals surface area contributed by atoms with Crippen molar-refractivity contribution in [2.24, 2.45) is 0 Å². The predicted molar refractivity (Wildman–Crippen MR) is 112 cm³/mol. The van der Waals surface area contributed by atoms with Gasteiger partial charge in [-0.05, 0) is 37.5 Å². The van der Waals surface area contributed by atoms with Crippen LogP contribution in [-0.2, 0) is 19.6 Å². The maximum atomic E-state index is 12.6. The van der Waals surface area contributed by atoms with Gasteiger partial charge in [0.2, 0.25) is 15.2 Å². The molecule has 1 saturated heterocycles. The van der Waals surface area contributed by atoms with Gasteiger partial charge in [-0.15, -0.1) is 10.2 Å². The number of esters is 1. The number of hydrogen-bond acceptors (Lipinski definition) is 9. The smallest absolute Gasteiger partial charge is 0.316 e. The minimum absolute atomic E-state index is 0.102. The van der Waals surface area contributed by atoms with E-state index in [1.807, 2.05) is 6.92 Å². The Balaban J connectivity index is 1.73. The van der Waals surface area contributed by atoms with Gasteiger partial charge in [-0.1, -0.05) is 29.2 Å². The van der Waals surface area contributed by atoms with Crippen LogP contribution in [-0.4, -0.2) is 55.7 Å². The molecule has 0 aliphatic carbocycles. The molecule has 3 rings (SSSR count). The molecule has 1 N–H and O–H groups in total. The first kappa shape index (κ1) is 21.5. The average molecular weight is 457 g/mol. The number of hydrogen-bond donors (Lipinski definition) is 1. The van der Waals surface area contributed by atoms with Crippen LogP contribution in [0.15, 0.2) is 22.5 Å². The van der Waals surface area contributed by atoms with Gasteiger partial charge in [0.25, 0.3) is 5.91 Å². The first-order valence-electron chi connectivity index (χ1n) is 8.75. The van der Waals surface area contributed by atoms with Crippen LogP contribution >= 0.6 is 23.1 Å². The summed E-state index contributed by atoms with van der Waals surface area (Å²) in [6.45, 7) is 2.22. The number of thioether (sulfide) groups is 1. The molecule has 9 nitrogen and oxygen atoms in total. The SMILES string of the molecule is COC(=O)CSc1nnc(NC(=O)c2ccc(C)c(N3CCCCS3(=O)=O)c2)s1. The fourth-order valence-corrected chi connectivity index (χ4v) is 6.02. The first-order chi connectivity index (χ1) is 13.8. The summed E-state index contributed by atoms with van der Waals surface area (Å²) in [6, 6.07) is 4.95. The molecule has 1 aliphatic heterocycles. The highest BCUT2D eigenvalue weighted by molar-refractivity contribution is 8.01. The number of anilines is 2. The van der Waals surface area contributed by atoms with E-state index in [-0.39, 0.29) is 22.6 Å². The molecule has 1 aliphatic rings. The van der Waals surface area contributed by atoms with Gasteiger partial charge in [-0.25, -0.2) is 8.42 Å². The summed E-state index contributed by atoms with van der Waals surface area (Å²) in [4.78, 5) is 23.8. The Hall–Kier alpha value is -2.18. The molecule has 2 aromatic rings. The molecule has 156 valence electrons. The second kappa shape index (κ2) is 9.09. The third-order valence-electron chi connectivity index (χ3n) is 4.26. The van der Waals surface area contributed by atoms with Gasteiger partial charge in [0.05, 0.1) is 24.3 Å². The second-order valence-electron chi connectivity index (χ2n) is 6.29. The number of carbonyl (C=O) groups is 2. The van der Waals surface area contributed by atoms with Crippen molar-refractivity contribution in [3.05, 3.63) is 29.3 Å². The number of nitrogens with one attached hydrogen (secondary N) is 1. The van der Waals surface area contributed by atoms with E-state index in [4.69, 9.17) is 0 Å². The van der Waals surface area contributed by atoms with E-state index in [9.17, 15) is 18.0 Å². The maximum absolute atomic E-state index is 12.6. The molecule has 12 heteroatoms. The number of aryl methyl sites for hydroxylation is 1. The molecule has 1 aromatic heterocycles. The van der Waals surface area contributed by atoms with Crippen LogP contribution in [0.3, 0.4) is 0 Å². The number of benzene rings is 1. The Morgan fingerprint density at radius 1 is 1.31 bits per heavy atom. The Kier molecular flexibility index (Phi) is 6.75. The number of nitrogens with zero attached hydrogens (tertiary/aromatic N) is 3. The maximum Gasteiger partial charge on any atom is 0.316 e. The van der Waals surface area contributed by atoms with Crippen LogP contribution in [0.25, 0.3) is 0 Å². The summed E-state index contributed by atoms with van der Waals surface area (Å²) < 4.78 is 31.3. The van der Waals surface area contributed by atoms with E-state index in [2.05, 4.69) is 20.3 Å². The van der Waals surface area contributed by atoms with E-state index in [0.717, 1.165) is 23.3 Å². The third kappa shape index (κ3) is 5.25. The lowest BCUT2D eigenvalue weighted by Crippen LogP contribution is -2.38. The number of carbonyl (C=O) groups excluding carboxylic acids is 2. The molecular weight excluding hydrogens is 436 g/mol. The lowest BCUT2D eigenvalue weighted by molar-refractivity contribution is -0.137. The molecule has 0 atom stereocenters. The van der Waals surface area contributed by atoms with E-state index in [0.29, 0.717) is 28.6 Å². The predicted octanol–water partition coefficient (Wildman–Crippen LogP) is 2.29. The van der Waals surface area contributed by atoms with E-state index in [1.165, 1.54) is 23.2 Å². The molecule has 0 spiro atoms. The minimum Gasteiger partial charge on any atom is -0.468 e. The normalized spacial score (nSPS) is 15.7. The van der Waals surface area contributed by atoms with E-state index >= 15 is 0 Å². The first-order valence-corrected chi connectivity index (χ1v) is 12.2. The Morgan fingerprint density at radius 3 is 2.83 bits per heavy atom. The highest BCUT2D eigenvalue weighted by Gasteiger charge is 2.27. The van der Waals surface area contributed by atoms with Crippen LogP contribution in [0.5, 0.6) is 0 Å². The molecular formula is C17H20N4O5S3. The van der Waals surface area contributed by atoms with Gasteiger partial charge in [0.15, 0.2) is 4.34 Å². The number of ether oxygens (including phenoxy) is 1. The highest BCUT2D eigenvalue weighted by atomic mass is 32.2. The van der Waals surface area contributed by atoms with Crippen molar-refractivity contribution in [2.75, 3.05) is 34.8 Å². The Morgan fingerprint density at radius 2 is 2.10 bits per heavy atom. The van der Waals surface area contributed by atoms with Crippen molar-refractivity contribution in [3.8, 4) is 0 Å². The number of methoxy groups -OCH3 is 1. The summed E-state index contributed by atoms with van der Waals surface area (Å²) >= 11 is 2.30. The quantitative estimate of drug-likeness (QED) is 0.400. The Labute approximate surface area is 176 Å². The standard InChI is InChI=1S/C17H20N4O5S3/c1-11-5-6-12(9-13(11)21-7-3-4-8-29(21,24)25)15(23)18-16-19-20-17(28-16)27-10-14(22)26-2/h5-6,9H,3-4,7-8,10H2,1-2H3,(H,18,19,23). The van der Waals surface area contributed by atoms with Gasteiger partial charge in [-0.3, -0.25) is 19.2 Å². The summed E-state index contributed by atoms with van der Waals surface area (Å²) in [5.74, 6) is -0.582. The fourth-order valence-electron chi connectivity index (χ4n) is 2.75. The van der Waals surface area contributed by atoms with Crippen molar-refractivity contribution < 1.29 is 22.7 Å². The van der Waals surface area contributed by atoms with Crippen LogP contribution < -0.4 is 9.62 Å². The van der Waals surface area contributed by atoms with Crippen LogP contribution in [0.4, 0.5) is 10.8 Å². The van der Waals surface area contributed by atoms with E-state index in [1.54, 1.807) is 18.2 Å². The van der Waals surface area contributed by atoms with Gasteiger partial charge in [-0.2, -0.15) is 0 Å². The van der Waals surface area contributed by atoms with Crippen molar-refractivity contribution in [2.45, 2.75) is 24.1 Å². The van der Waals surface area contributed by atoms with E-state index < -0.39 is 15.9 Å². The summed E-state index contributed by atoms with van der Waals surface area (Å²) in [5, 5.41) is 10.8. The summed E-state index contributed by atoms with van der Waals surface area (Å²) in [5.41, 5.74) is 1.62. The van der Waals surface area contributed by atoms with Crippen LogP contribution in [0, 0.1) is 6.92 Å². The van der Waals surface area contributed by atoms with Gasteiger partial charge in [0.1, 0.15) is 0 Å². The zero-order chi connectivity index (χ0) is 21.0. The van der Waals surface area contributed by atoms with Gasteiger partial charge in [0, 0.05) is 12.1 Å². The molecule has 2 heterocycles. The molecule has 1 amide bonds. The topological polar surface area (TPSA) is 119 Å². The molecule has 0 unspecified atom stereocenters. The lowest BCUT2D eigenvalue weighted by Gasteiger charge is -2.29. The molecule has 29 heavy (non-hydrogen) atoms. The van der Waals surface area contributed by atoms with Gasteiger partial charge < -0.3 is 4.74 Å². The second-order valence-corrected chi connectivity index (χ2v) is 10.5. The molecule has 1 aromatic carbocycles. The largest absolute Gasteiger partial charge is 0.468 e. The van der Waals surface area contributed by atoms with Crippen molar-refractivity contribution in [3.63, 3.8) is 0 Å². The van der Waals surface area contributed by atoms with Gasteiger partial charge >= 0.3 is 5.97 Å². The summed E-state index contributed by atoms with van der Waals surface area (Å²) in [7, 11) is -2.07. The van der Waals surface area contributed by atoms with Crippen molar-refractivity contribution >= 4 is 55.8 Å². The van der Waals surface area contributed by atoms with Crippen LogP contribution in [0.1, 0.15) is 28.8 Å². The monoisotopic (exact) mass is 456 g/mol. The zero-order valence-electron chi connectivity index (χ0n) is 15.9. The molecule has 0 bridgehead atoms. The number of amides is 1. The van der Waals surface area contributed by atoms with Crippen molar-refractivity contribution in [1.82, 2.24) is 10.2 Å². The zero-order valence-corrected chi connectivity index (χ0v) is 18.3. The Bertz CT molecular complexity index is 1020. The third-order valence-corrected chi connectivity index (χ3v) is 8.06. The fraction of sp³-hybridized carbons (Fsp3) is 0.412. The number of sulfonamides is 1. The lowest BCUT2D eigenvalue weighted by atomic mass is 10.1. The molecule has 0 radical (unpaired) electrons. The van der Waals surface area contributed by atoms with Crippen molar-refractivity contribution in [1.29, 1.82) is 0 Å². The number of rotatable bonds is 6. The number of aromatic nitrogens is 2. The summed E-state index contributed by atoms with van der Waals surface area (Å²) in [6.07, 6.45) is 1.43. The highest BCUT2D eigenvalue weighted by Crippen LogP contribution is 2.29. The molecule has 1 fully saturated rings. The minimum atomic E-state index is -3.37.